The van der Waals surface area contributed by atoms with E-state index in [0.29, 0.717) is 0 Å². The molecule has 5 rings (SSSR count). The van der Waals surface area contributed by atoms with E-state index in [0.717, 1.165) is 75.0 Å². The molecule has 1 aliphatic rings. The molecule has 1 aliphatic heterocycles. The number of nitrogens with zero attached hydrogens (tertiary/aromatic N) is 4. The van der Waals surface area contributed by atoms with E-state index in [1.807, 2.05) is 43.5 Å². The Kier molecular flexibility index (Phi) is 5.71. The second-order valence-corrected chi connectivity index (χ2v) is 10.0. The van der Waals surface area contributed by atoms with Crippen molar-refractivity contribution in [2.24, 2.45) is 0 Å². The number of nitrogens with one attached hydrogen (secondary N) is 1. The molecule has 1 N–H and O–H groups in total. The summed E-state index contributed by atoms with van der Waals surface area (Å²) in [4.78, 5) is 24.4. The first-order valence-electron chi connectivity index (χ1n) is 10.6. The zero-order valence-electron chi connectivity index (χ0n) is 18.3. The first-order valence-corrected chi connectivity index (χ1v) is 12.3. The number of aryl methyl sites for hydroxylation is 2. The molecule has 1 fully saturated rings. The maximum absolute atomic E-state index is 12.8. The molecule has 0 bridgehead atoms. The van der Waals surface area contributed by atoms with Gasteiger partial charge in [-0.2, -0.15) is 0 Å². The molecule has 1 amide bonds. The van der Waals surface area contributed by atoms with Crippen LogP contribution in [0.2, 0.25) is 0 Å². The van der Waals surface area contributed by atoms with Gasteiger partial charge >= 0.3 is 0 Å². The van der Waals surface area contributed by atoms with Crippen molar-refractivity contribution in [2.45, 2.75) is 27.3 Å². The lowest BCUT2D eigenvalue weighted by Crippen LogP contribution is -2.36. The lowest BCUT2D eigenvalue weighted by Gasteiger charge is -2.25. The molecule has 4 aromatic rings. The molecule has 3 aromatic heterocycles. The molecule has 9 heteroatoms. The van der Waals surface area contributed by atoms with Crippen LogP contribution in [0.4, 0.5) is 10.8 Å². The minimum Gasteiger partial charge on any atom is -0.378 e. The average molecular weight is 468 g/mol. The van der Waals surface area contributed by atoms with Gasteiger partial charge in [-0.05, 0) is 45.0 Å². The van der Waals surface area contributed by atoms with Crippen LogP contribution >= 0.6 is 22.7 Å². The molecule has 0 atom stereocenters. The topological polar surface area (TPSA) is 72.3 Å². The van der Waals surface area contributed by atoms with Crippen LogP contribution in [0.15, 0.2) is 29.6 Å². The van der Waals surface area contributed by atoms with Crippen LogP contribution in [0.25, 0.3) is 21.5 Å². The van der Waals surface area contributed by atoms with Crippen LogP contribution in [0, 0.1) is 20.8 Å². The molecular weight excluding hydrogens is 442 g/mol. The van der Waals surface area contributed by atoms with E-state index in [4.69, 9.17) is 9.72 Å². The molecule has 4 heterocycles. The second-order valence-electron chi connectivity index (χ2n) is 7.95. The smallest absolute Gasteiger partial charge is 0.244 e. The second kappa shape index (κ2) is 8.65. The average Bonchev–Trinajstić information content (AvgIpc) is 3.47. The van der Waals surface area contributed by atoms with Gasteiger partial charge in [0, 0.05) is 41.1 Å². The van der Waals surface area contributed by atoms with Crippen molar-refractivity contribution in [1.29, 1.82) is 0 Å². The Balaban J connectivity index is 1.31. The normalized spacial score (nSPS) is 14.3. The molecule has 7 nitrogen and oxygen atoms in total. The predicted octanol–water partition coefficient (Wildman–Crippen LogP) is 4.62. The minimum atomic E-state index is -0.0509. The van der Waals surface area contributed by atoms with E-state index < -0.39 is 0 Å². The molecule has 1 saturated heterocycles. The highest BCUT2D eigenvalue weighted by Crippen LogP contribution is 2.31. The number of thiazole rings is 2. The predicted molar refractivity (Wildman–Crippen MR) is 131 cm³/mol. The lowest BCUT2D eigenvalue weighted by molar-refractivity contribution is -0.116. The summed E-state index contributed by atoms with van der Waals surface area (Å²) in [6, 6.07) is 8.00. The van der Waals surface area contributed by atoms with Gasteiger partial charge in [0.05, 0.1) is 34.1 Å². The fourth-order valence-electron chi connectivity index (χ4n) is 4.02. The number of hydrogen-bond acceptors (Lipinski definition) is 7. The van der Waals surface area contributed by atoms with E-state index in [2.05, 4.69) is 26.6 Å². The monoisotopic (exact) mass is 467 g/mol. The van der Waals surface area contributed by atoms with Gasteiger partial charge in [0.15, 0.2) is 5.13 Å². The number of benzene rings is 1. The number of aromatic nitrogens is 3. The van der Waals surface area contributed by atoms with Crippen molar-refractivity contribution in [1.82, 2.24) is 14.5 Å². The molecule has 0 spiro atoms. The van der Waals surface area contributed by atoms with Crippen molar-refractivity contribution < 1.29 is 9.53 Å². The third-order valence-electron chi connectivity index (χ3n) is 5.71. The Labute approximate surface area is 194 Å². The fraction of sp³-hybridized carbons (Fsp3) is 0.348. The van der Waals surface area contributed by atoms with Crippen LogP contribution in [0.5, 0.6) is 0 Å². The minimum absolute atomic E-state index is 0.0509. The van der Waals surface area contributed by atoms with Gasteiger partial charge in [-0.3, -0.25) is 4.79 Å². The van der Waals surface area contributed by atoms with Crippen molar-refractivity contribution in [3.63, 3.8) is 0 Å². The Morgan fingerprint density at radius 3 is 2.72 bits per heavy atom. The fourth-order valence-corrected chi connectivity index (χ4v) is 5.68. The number of rotatable bonds is 5. The van der Waals surface area contributed by atoms with Crippen LogP contribution < -0.4 is 10.2 Å². The zero-order valence-corrected chi connectivity index (χ0v) is 20.0. The molecule has 166 valence electrons. The van der Waals surface area contributed by atoms with Gasteiger partial charge in [0.1, 0.15) is 6.54 Å². The Hall–Kier alpha value is -2.75. The first-order chi connectivity index (χ1) is 15.5. The number of morpholine rings is 1. The summed E-state index contributed by atoms with van der Waals surface area (Å²) >= 11 is 3.29. The highest BCUT2D eigenvalue weighted by atomic mass is 32.1. The number of ether oxygens (including phenoxy) is 1. The van der Waals surface area contributed by atoms with Gasteiger partial charge in [-0.15, -0.1) is 11.3 Å². The summed E-state index contributed by atoms with van der Waals surface area (Å²) < 4.78 is 8.55. The maximum atomic E-state index is 12.8. The zero-order chi connectivity index (χ0) is 22.2. The van der Waals surface area contributed by atoms with Crippen molar-refractivity contribution >= 4 is 49.6 Å². The number of fused-ring (bicyclic) bond motifs is 1. The SMILES string of the molecule is Cc1nc(-c2cc(C)n(CC(=O)Nc3ccc4nc(N5CCOCC5)sc4c3)c2C)cs1. The van der Waals surface area contributed by atoms with Crippen molar-refractivity contribution in [3.8, 4) is 11.3 Å². The third kappa shape index (κ3) is 4.15. The molecule has 32 heavy (non-hydrogen) atoms. The van der Waals surface area contributed by atoms with Gasteiger partial charge in [0.25, 0.3) is 0 Å². The number of hydrogen-bond donors (Lipinski definition) is 1. The van der Waals surface area contributed by atoms with Gasteiger partial charge in [-0.1, -0.05) is 11.3 Å². The van der Waals surface area contributed by atoms with E-state index in [9.17, 15) is 4.79 Å². The summed E-state index contributed by atoms with van der Waals surface area (Å²) in [7, 11) is 0. The molecule has 0 unspecified atom stereocenters. The summed E-state index contributed by atoms with van der Waals surface area (Å²) in [5.74, 6) is -0.0509. The number of carbonyl (C=O) groups excluding carboxylic acids is 1. The number of carbonyl (C=O) groups is 1. The molecule has 1 aromatic carbocycles. The lowest BCUT2D eigenvalue weighted by atomic mass is 10.2. The summed E-state index contributed by atoms with van der Waals surface area (Å²) in [5.41, 5.74) is 5.90. The van der Waals surface area contributed by atoms with Crippen LogP contribution in [-0.4, -0.2) is 46.7 Å². The van der Waals surface area contributed by atoms with Gasteiger partial charge < -0.3 is 19.5 Å². The largest absolute Gasteiger partial charge is 0.378 e. The first kappa shape index (κ1) is 21.1. The highest BCUT2D eigenvalue weighted by Gasteiger charge is 2.17. The van der Waals surface area contributed by atoms with Crippen LogP contribution in [0.3, 0.4) is 0 Å². The molecule has 0 aliphatic carbocycles. The van der Waals surface area contributed by atoms with Gasteiger partial charge in [-0.25, -0.2) is 9.97 Å². The number of anilines is 2. The van der Waals surface area contributed by atoms with E-state index in [-0.39, 0.29) is 12.5 Å². The van der Waals surface area contributed by atoms with E-state index in [1.165, 1.54) is 0 Å². The molecular formula is C23H25N5O2S2. The van der Waals surface area contributed by atoms with Crippen LogP contribution in [-0.2, 0) is 16.1 Å². The highest BCUT2D eigenvalue weighted by molar-refractivity contribution is 7.22. The van der Waals surface area contributed by atoms with Crippen LogP contribution in [0.1, 0.15) is 16.4 Å². The van der Waals surface area contributed by atoms with Crippen molar-refractivity contribution in [3.05, 3.63) is 46.0 Å². The van der Waals surface area contributed by atoms with E-state index >= 15 is 0 Å². The van der Waals surface area contributed by atoms with Crippen molar-refractivity contribution in [2.75, 3.05) is 36.5 Å². The quantitative estimate of drug-likeness (QED) is 0.464. The maximum Gasteiger partial charge on any atom is 0.244 e. The molecule has 0 saturated carbocycles. The van der Waals surface area contributed by atoms with E-state index in [1.54, 1.807) is 22.7 Å². The third-order valence-corrected chi connectivity index (χ3v) is 7.57. The van der Waals surface area contributed by atoms with Gasteiger partial charge in [0.2, 0.25) is 5.91 Å². The molecule has 0 radical (unpaired) electrons. The summed E-state index contributed by atoms with van der Waals surface area (Å²) in [5, 5.41) is 7.17. The standard InChI is InChI=1S/C23H25N5O2S2/c1-14-10-18(20-13-31-16(3)24-20)15(2)28(14)12-22(29)25-17-4-5-19-21(11-17)32-23(26-19)27-6-8-30-9-7-27/h4-5,10-11,13H,6-9,12H2,1-3H3,(H,25,29). The Morgan fingerprint density at radius 1 is 1.16 bits per heavy atom. The summed E-state index contributed by atoms with van der Waals surface area (Å²) in [6.45, 7) is 9.53. The Morgan fingerprint density at radius 2 is 1.97 bits per heavy atom. The summed E-state index contributed by atoms with van der Waals surface area (Å²) in [6.07, 6.45) is 0. The number of amides is 1. The Bertz CT molecular complexity index is 1280.